The van der Waals surface area contributed by atoms with Gasteiger partial charge in [-0.25, -0.2) is 4.99 Å². The van der Waals surface area contributed by atoms with Gasteiger partial charge < -0.3 is 5.32 Å². The van der Waals surface area contributed by atoms with E-state index in [4.69, 9.17) is 0 Å². The molecule has 0 atom stereocenters. The molecule has 168 valence electrons. The van der Waals surface area contributed by atoms with Gasteiger partial charge in [0.05, 0.1) is 16.4 Å². The summed E-state index contributed by atoms with van der Waals surface area (Å²) in [5.74, 6) is -0.251. The molecule has 0 fully saturated rings. The minimum atomic E-state index is -0.502. The van der Waals surface area contributed by atoms with Gasteiger partial charge in [-0.3, -0.25) is 29.3 Å². The Labute approximate surface area is 189 Å². The molecule has 2 amide bonds. The van der Waals surface area contributed by atoms with E-state index in [-0.39, 0.29) is 29.2 Å². The predicted molar refractivity (Wildman–Crippen MR) is 124 cm³/mol. The van der Waals surface area contributed by atoms with Gasteiger partial charge >= 0.3 is 0 Å². The summed E-state index contributed by atoms with van der Waals surface area (Å²) in [6, 6.07) is 5.59. The fraction of sp³-hybridized carbons (Fsp3) is 0.333. The number of aromatic nitrogens is 2. The number of nitrogens with one attached hydrogen (secondary N) is 1. The standard InChI is InChI=1S/C21H24N6O4S/c1-13(2)10-26-20(29)18(9-15-11-25(4)24-14(15)3)23-21(26)32-12-19(28)22-16-5-7-17(8-6-16)27(30)31/h5-9,11,13H,10,12H2,1-4H3,(H,22,28)/b18-9+. The quantitative estimate of drug-likeness (QED) is 0.388. The highest BCUT2D eigenvalue weighted by Crippen LogP contribution is 2.26. The van der Waals surface area contributed by atoms with E-state index >= 15 is 0 Å². The van der Waals surface area contributed by atoms with Crippen molar-refractivity contribution in [3.05, 3.63) is 57.5 Å². The number of nitro groups is 1. The van der Waals surface area contributed by atoms with Crippen molar-refractivity contribution in [1.29, 1.82) is 0 Å². The van der Waals surface area contributed by atoms with Gasteiger partial charge in [0.1, 0.15) is 5.70 Å². The van der Waals surface area contributed by atoms with E-state index in [1.807, 2.05) is 34.0 Å². The van der Waals surface area contributed by atoms with Crippen molar-refractivity contribution >= 4 is 46.2 Å². The normalized spacial score (nSPS) is 14.9. The number of aryl methyl sites for hydroxylation is 2. The van der Waals surface area contributed by atoms with Crippen LogP contribution in [0, 0.1) is 23.0 Å². The molecule has 0 saturated carbocycles. The summed E-state index contributed by atoms with van der Waals surface area (Å²) in [7, 11) is 1.81. The average molecular weight is 457 g/mol. The second-order valence-corrected chi connectivity index (χ2v) is 8.66. The lowest BCUT2D eigenvalue weighted by atomic mass is 10.2. The van der Waals surface area contributed by atoms with Crippen molar-refractivity contribution in [2.45, 2.75) is 20.8 Å². The molecule has 0 bridgehead atoms. The first-order chi connectivity index (χ1) is 15.1. The molecule has 10 nitrogen and oxygen atoms in total. The molecule has 1 aliphatic rings. The molecule has 1 aromatic heterocycles. The molecule has 1 aromatic carbocycles. The number of rotatable bonds is 7. The monoisotopic (exact) mass is 456 g/mol. The van der Waals surface area contributed by atoms with Crippen molar-refractivity contribution in [3.8, 4) is 0 Å². The van der Waals surface area contributed by atoms with E-state index in [1.54, 1.807) is 15.7 Å². The number of nitrogens with zero attached hydrogens (tertiary/aromatic N) is 5. The number of anilines is 1. The highest BCUT2D eigenvalue weighted by Gasteiger charge is 2.31. The van der Waals surface area contributed by atoms with Crippen LogP contribution in [0.2, 0.25) is 0 Å². The minimum Gasteiger partial charge on any atom is -0.325 e. The van der Waals surface area contributed by atoms with Crippen LogP contribution in [0.3, 0.4) is 0 Å². The first-order valence-corrected chi connectivity index (χ1v) is 10.9. The van der Waals surface area contributed by atoms with Crippen molar-refractivity contribution in [1.82, 2.24) is 14.7 Å². The van der Waals surface area contributed by atoms with E-state index in [0.29, 0.717) is 23.1 Å². The minimum absolute atomic E-state index is 0.0386. The van der Waals surface area contributed by atoms with Gasteiger partial charge in [-0.05, 0) is 31.1 Å². The number of hydrogen-bond acceptors (Lipinski definition) is 7. The molecule has 0 radical (unpaired) electrons. The lowest BCUT2D eigenvalue weighted by Gasteiger charge is -2.19. The molecule has 32 heavy (non-hydrogen) atoms. The number of amides is 2. The number of carbonyl (C=O) groups is 2. The number of nitro benzene ring substituents is 1. The smallest absolute Gasteiger partial charge is 0.278 e. The van der Waals surface area contributed by atoms with Crippen LogP contribution in [0.25, 0.3) is 6.08 Å². The lowest BCUT2D eigenvalue weighted by Crippen LogP contribution is -2.34. The third-order valence-corrected chi connectivity index (χ3v) is 5.47. The van der Waals surface area contributed by atoms with Gasteiger partial charge in [0.2, 0.25) is 5.91 Å². The summed E-state index contributed by atoms with van der Waals surface area (Å²) < 4.78 is 1.68. The SMILES string of the molecule is Cc1nn(C)cc1/C=C1/N=C(SCC(=O)Nc2ccc([N+](=O)[O-])cc2)N(CC(C)C)C1=O. The van der Waals surface area contributed by atoms with E-state index in [9.17, 15) is 19.7 Å². The molecule has 11 heteroatoms. The van der Waals surface area contributed by atoms with Crippen molar-refractivity contribution < 1.29 is 14.5 Å². The summed E-state index contributed by atoms with van der Waals surface area (Å²) in [4.78, 5) is 41.6. The van der Waals surface area contributed by atoms with Gasteiger partial charge in [0, 0.05) is 43.2 Å². The van der Waals surface area contributed by atoms with Crippen LogP contribution in [0.15, 0.2) is 41.2 Å². The van der Waals surface area contributed by atoms with Crippen LogP contribution in [-0.2, 0) is 16.6 Å². The molecular weight excluding hydrogens is 432 g/mol. The lowest BCUT2D eigenvalue weighted by molar-refractivity contribution is -0.384. The third-order valence-electron chi connectivity index (χ3n) is 4.50. The summed E-state index contributed by atoms with van der Waals surface area (Å²) in [5, 5.41) is 18.2. The largest absolute Gasteiger partial charge is 0.325 e. The number of non-ortho nitro benzene ring substituents is 1. The maximum absolute atomic E-state index is 12.9. The Hall–Kier alpha value is -3.47. The molecule has 0 aliphatic carbocycles. The predicted octanol–water partition coefficient (Wildman–Crippen LogP) is 3.20. The summed E-state index contributed by atoms with van der Waals surface area (Å²) in [6.07, 6.45) is 3.53. The van der Waals surface area contributed by atoms with Gasteiger partial charge in [-0.1, -0.05) is 25.6 Å². The molecule has 0 unspecified atom stereocenters. The molecular formula is C21H24N6O4S. The van der Waals surface area contributed by atoms with Gasteiger partial charge in [0.15, 0.2) is 5.17 Å². The molecule has 0 spiro atoms. The van der Waals surface area contributed by atoms with E-state index in [0.717, 1.165) is 11.3 Å². The number of benzene rings is 1. The number of amidine groups is 1. The molecule has 2 heterocycles. The number of hydrogen-bond donors (Lipinski definition) is 1. The summed E-state index contributed by atoms with van der Waals surface area (Å²) >= 11 is 1.17. The van der Waals surface area contributed by atoms with Crippen LogP contribution in [0.4, 0.5) is 11.4 Å². The summed E-state index contributed by atoms with van der Waals surface area (Å²) in [5.41, 5.74) is 2.31. The maximum Gasteiger partial charge on any atom is 0.278 e. The highest BCUT2D eigenvalue weighted by atomic mass is 32.2. The fourth-order valence-corrected chi connectivity index (χ4v) is 3.88. The van der Waals surface area contributed by atoms with Gasteiger partial charge in [0.25, 0.3) is 11.6 Å². The van der Waals surface area contributed by atoms with Crippen molar-refractivity contribution in [2.24, 2.45) is 18.0 Å². The summed E-state index contributed by atoms with van der Waals surface area (Å²) in [6.45, 7) is 6.35. The molecule has 0 saturated heterocycles. The van der Waals surface area contributed by atoms with Crippen LogP contribution in [0.5, 0.6) is 0 Å². The number of thioether (sulfide) groups is 1. The second-order valence-electron chi connectivity index (χ2n) is 7.72. The van der Waals surface area contributed by atoms with Crippen LogP contribution < -0.4 is 5.32 Å². The zero-order valence-corrected chi connectivity index (χ0v) is 19.0. The molecule has 3 rings (SSSR count). The van der Waals surface area contributed by atoms with Crippen LogP contribution in [-0.4, -0.2) is 48.9 Å². The fourth-order valence-electron chi connectivity index (χ4n) is 3.07. The van der Waals surface area contributed by atoms with Crippen LogP contribution >= 0.6 is 11.8 Å². The Bertz CT molecular complexity index is 1100. The number of aliphatic imine (C=N–C) groups is 1. The van der Waals surface area contributed by atoms with Crippen molar-refractivity contribution in [2.75, 3.05) is 17.6 Å². The third kappa shape index (κ3) is 5.61. The second kappa shape index (κ2) is 9.77. The number of carbonyl (C=O) groups excluding carboxylic acids is 2. The average Bonchev–Trinajstić information content (AvgIpc) is 3.19. The highest BCUT2D eigenvalue weighted by molar-refractivity contribution is 8.14. The zero-order valence-electron chi connectivity index (χ0n) is 18.2. The Morgan fingerprint density at radius 2 is 2.00 bits per heavy atom. The van der Waals surface area contributed by atoms with E-state index in [1.165, 1.54) is 36.0 Å². The zero-order chi connectivity index (χ0) is 23.4. The van der Waals surface area contributed by atoms with E-state index < -0.39 is 4.92 Å². The Balaban J connectivity index is 1.71. The van der Waals surface area contributed by atoms with Gasteiger partial charge in [-0.15, -0.1) is 0 Å². The van der Waals surface area contributed by atoms with E-state index in [2.05, 4.69) is 15.4 Å². The Morgan fingerprint density at radius 3 is 2.56 bits per heavy atom. The van der Waals surface area contributed by atoms with Crippen LogP contribution in [0.1, 0.15) is 25.1 Å². The van der Waals surface area contributed by atoms with Gasteiger partial charge in [-0.2, -0.15) is 5.10 Å². The molecule has 2 aromatic rings. The van der Waals surface area contributed by atoms with Crippen molar-refractivity contribution in [3.63, 3.8) is 0 Å². The first-order valence-electron chi connectivity index (χ1n) is 9.93. The Kier molecular flexibility index (Phi) is 7.08. The first kappa shape index (κ1) is 23.2. The topological polar surface area (TPSA) is 123 Å². The Morgan fingerprint density at radius 1 is 1.31 bits per heavy atom. The molecule has 1 aliphatic heterocycles. The molecule has 1 N–H and O–H groups in total. The maximum atomic E-state index is 12.9.